The van der Waals surface area contributed by atoms with E-state index < -0.39 is 0 Å². The van der Waals surface area contributed by atoms with Gasteiger partial charge in [-0.2, -0.15) is 0 Å². The Kier molecular flexibility index (Phi) is 7.53. The van der Waals surface area contributed by atoms with Gasteiger partial charge in [0.1, 0.15) is 5.82 Å². The number of fused-ring (bicyclic) bond motifs is 3. The van der Waals surface area contributed by atoms with Crippen LogP contribution in [0.3, 0.4) is 0 Å². The van der Waals surface area contributed by atoms with Crippen molar-refractivity contribution in [1.82, 2.24) is 24.7 Å². The number of hydrogen-bond donors (Lipinski definition) is 1. The molecule has 3 aliphatic heterocycles. The summed E-state index contributed by atoms with van der Waals surface area (Å²) >= 11 is 0. The number of benzene rings is 2. The van der Waals surface area contributed by atoms with Crippen LogP contribution in [0.15, 0.2) is 54.6 Å². The average Bonchev–Trinajstić information content (AvgIpc) is 3.47. The molecule has 6 nitrogen and oxygen atoms in total. The number of likely N-dealkylation sites (tertiary alicyclic amines) is 1. The molecule has 2 atom stereocenters. The molecule has 7 rings (SSSR count). The smallest absolute Gasteiger partial charge is 0.317 e. The van der Waals surface area contributed by atoms with E-state index in [1.54, 1.807) is 0 Å². The molecule has 6 heteroatoms. The fourth-order valence-corrected chi connectivity index (χ4v) is 8.92. The topological polar surface area (TPSA) is 53.4 Å². The molecular formula is C35H47N5O. The fourth-order valence-electron chi connectivity index (χ4n) is 8.92. The lowest BCUT2D eigenvalue weighted by molar-refractivity contribution is 0.0855. The van der Waals surface area contributed by atoms with Crippen LogP contribution in [0.4, 0.5) is 4.79 Å². The van der Waals surface area contributed by atoms with Crippen molar-refractivity contribution < 1.29 is 4.79 Å². The third-order valence-electron chi connectivity index (χ3n) is 11.2. The van der Waals surface area contributed by atoms with Crippen LogP contribution in [0.5, 0.6) is 0 Å². The lowest BCUT2D eigenvalue weighted by Gasteiger charge is -2.46. The minimum Gasteiger partial charge on any atom is -0.335 e. The Bertz CT molecular complexity index is 1320. The van der Waals surface area contributed by atoms with Crippen molar-refractivity contribution in [2.24, 2.45) is 0 Å². The maximum Gasteiger partial charge on any atom is 0.317 e. The molecule has 3 aromatic rings. The third-order valence-corrected chi connectivity index (χ3v) is 11.2. The van der Waals surface area contributed by atoms with Gasteiger partial charge >= 0.3 is 6.03 Å². The number of carbonyl (C=O) groups excluding carboxylic acids is 1. The zero-order chi connectivity index (χ0) is 27.8. The summed E-state index contributed by atoms with van der Waals surface area (Å²) in [6, 6.07) is 22.3. The highest BCUT2D eigenvalue weighted by Crippen LogP contribution is 2.45. The van der Waals surface area contributed by atoms with Gasteiger partial charge in [-0.05, 0) is 94.4 Å². The summed E-state index contributed by atoms with van der Waals surface area (Å²) in [7, 11) is 0. The molecule has 41 heavy (non-hydrogen) atoms. The number of aryl methyl sites for hydroxylation is 1. The minimum absolute atomic E-state index is 0.149. The predicted molar refractivity (Wildman–Crippen MR) is 165 cm³/mol. The van der Waals surface area contributed by atoms with Crippen LogP contribution in [0.2, 0.25) is 0 Å². The quantitative estimate of drug-likeness (QED) is 0.358. The molecule has 1 saturated carbocycles. The Morgan fingerprint density at radius 2 is 1.56 bits per heavy atom. The number of hydrogen-bond acceptors (Lipinski definition) is 3. The summed E-state index contributed by atoms with van der Waals surface area (Å²) in [5.41, 5.74) is 4.04. The van der Waals surface area contributed by atoms with Crippen LogP contribution in [0, 0.1) is 6.92 Å². The van der Waals surface area contributed by atoms with E-state index in [9.17, 15) is 4.79 Å². The lowest BCUT2D eigenvalue weighted by Crippen LogP contribution is -2.52. The summed E-state index contributed by atoms with van der Waals surface area (Å²) in [6.07, 6.45) is 14.5. The molecule has 4 aliphatic rings. The molecule has 218 valence electrons. The Morgan fingerprint density at radius 1 is 0.878 bits per heavy atom. The van der Waals surface area contributed by atoms with Crippen molar-refractivity contribution in [1.29, 1.82) is 0 Å². The first kappa shape index (κ1) is 27.0. The Hall–Kier alpha value is -2.86. The first-order valence-corrected chi connectivity index (χ1v) is 16.4. The average molecular weight is 554 g/mol. The number of amides is 2. The number of nitrogens with zero attached hydrogens (tertiary/aromatic N) is 4. The van der Waals surface area contributed by atoms with Gasteiger partial charge in [-0.3, -0.25) is 4.90 Å². The van der Waals surface area contributed by atoms with E-state index in [1.807, 2.05) is 0 Å². The number of nitrogens with one attached hydrogen (secondary N) is 1. The van der Waals surface area contributed by atoms with Crippen molar-refractivity contribution in [2.45, 2.75) is 114 Å². The molecule has 1 aliphatic carbocycles. The lowest BCUT2D eigenvalue weighted by atomic mass is 9.70. The molecule has 1 N–H and O–H groups in total. The van der Waals surface area contributed by atoms with Gasteiger partial charge in [0.15, 0.2) is 0 Å². The highest BCUT2D eigenvalue weighted by molar-refractivity contribution is 5.76. The van der Waals surface area contributed by atoms with Crippen molar-refractivity contribution >= 4 is 17.1 Å². The fraction of sp³-hybridized carbons (Fsp3) is 0.600. The first-order chi connectivity index (χ1) is 20.1. The van der Waals surface area contributed by atoms with E-state index in [-0.39, 0.29) is 11.4 Å². The van der Waals surface area contributed by atoms with Gasteiger partial charge in [-0.1, -0.05) is 61.7 Å². The van der Waals surface area contributed by atoms with Crippen molar-refractivity contribution in [2.75, 3.05) is 19.6 Å². The van der Waals surface area contributed by atoms with E-state index in [0.29, 0.717) is 24.2 Å². The van der Waals surface area contributed by atoms with E-state index in [0.717, 1.165) is 56.7 Å². The van der Waals surface area contributed by atoms with Gasteiger partial charge in [0.25, 0.3) is 0 Å². The number of rotatable bonds is 6. The monoisotopic (exact) mass is 553 g/mol. The molecule has 2 bridgehead atoms. The van der Waals surface area contributed by atoms with Crippen LogP contribution in [-0.4, -0.2) is 63.1 Å². The summed E-state index contributed by atoms with van der Waals surface area (Å²) in [5, 5.41) is 3.36. The summed E-state index contributed by atoms with van der Waals surface area (Å²) in [4.78, 5) is 23.0. The second kappa shape index (κ2) is 11.4. The predicted octanol–water partition coefficient (Wildman–Crippen LogP) is 6.98. The van der Waals surface area contributed by atoms with Crippen LogP contribution < -0.4 is 5.32 Å². The number of para-hydroxylation sites is 2. The Balaban J connectivity index is 1.03. The van der Waals surface area contributed by atoms with Crippen molar-refractivity contribution in [3.63, 3.8) is 0 Å². The largest absolute Gasteiger partial charge is 0.335 e. The molecule has 4 heterocycles. The van der Waals surface area contributed by atoms with Gasteiger partial charge in [-0.25, -0.2) is 9.78 Å². The second-order valence-corrected chi connectivity index (χ2v) is 13.4. The van der Waals surface area contributed by atoms with Crippen LogP contribution in [0.25, 0.3) is 11.0 Å². The number of urea groups is 1. The van der Waals surface area contributed by atoms with Crippen molar-refractivity contribution in [3.05, 3.63) is 66.0 Å². The van der Waals surface area contributed by atoms with E-state index in [1.165, 1.54) is 62.4 Å². The molecule has 0 radical (unpaired) electrons. The first-order valence-electron chi connectivity index (χ1n) is 16.4. The summed E-state index contributed by atoms with van der Waals surface area (Å²) in [5.74, 6) is 1.16. The highest BCUT2D eigenvalue weighted by Gasteiger charge is 2.44. The van der Waals surface area contributed by atoms with Gasteiger partial charge in [-0.15, -0.1) is 0 Å². The van der Waals surface area contributed by atoms with Gasteiger partial charge in [0.05, 0.1) is 11.0 Å². The van der Waals surface area contributed by atoms with Crippen LogP contribution >= 0.6 is 0 Å². The molecule has 0 spiro atoms. The molecule has 3 saturated heterocycles. The standard InChI is InChI=1S/C35H47N5O/c1-26-36-32-14-8-9-15-33(32)40(26)31-24-29-16-17-30(25-31)39(29)23-20-35(27-10-4-2-5-11-27)18-21-38(22-19-35)34(41)37-28-12-6-3-7-13-28/h2,4-5,8-11,14-15,28-31H,3,6-7,12-13,16-25H2,1H3,(H,37,41). The number of carbonyl (C=O) groups is 1. The van der Waals surface area contributed by atoms with E-state index >= 15 is 0 Å². The molecule has 1 aromatic heterocycles. The highest BCUT2D eigenvalue weighted by atomic mass is 16.2. The van der Waals surface area contributed by atoms with Crippen molar-refractivity contribution in [3.8, 4) is 0 Å². The SMILES string of the molecule is Cc1nc2ccccc2n1C1CC2CCC(C1)N2CCC1(c2ccccc2)CCN(C(=O)NC2CCCCC2)CC1. The number of piperidine rings is 2. The van der Waals surface area contributed by atoms with E-state index in [4.69, 9.17) is 4.98 Å². The van der Waals surface area contributed by atoms with Gasteiger partial charge in [0, 0.05) is 37.3 Å². The normalized spacial score (nSPS) is 26.9. The Morgan fingerprint density at radius 3 is 2.29 bits per heavy atom. The van der Waals surface area contributed by atoms with Gasteiger partial charge < -0.3 is 14.8 Å². The third kappa shape index (κ3) is 5.29. The second-order valence-electron chi connectivity index (χ2n) is 13.4. The minimum atomic E-state index is 0.149. The number of aromatic nitrogens is 2. The summed E-state index contributed by atoms with van der Waals surface area (Å²) in [6.45, 7) is 5.05. The maximum atomic E-state index is 13.1. The molecule has 2 amide bonds. The molecular weight excluding hydrogens is 506 g/mol. The van der Waals surface area contributed by atoms with Crippen LogP contribution in [0.1, 0.15) is 94.5 Å². The molecule has 4 fully saturated rings. The molecule has 2 aromatic carbocycles. The van der Waals surface area contributed by atoms with E-state index in [2.05, 4.69) is 81.2 Å². The maximum absolute atomic E-state index is 13.1. The number of imidazole rings is 1. The zero-order valence-corrected chi connectivity index (χ0v) is 24.8. The Labute approximate surface area is 245 Å². The van der Waals surface area contributed by atoms with Crippen LogP contribution in [-0.2, 0) is 5.41 Å². The zero-order valence-electron chi connectivity index (χ0n) is 24.8. The van der Waals surface area contributed by atoms with Gasteiger partial charge in [0.2, 0.25) is 0 Å². The summed E-state index contributed by atoms with van der Waals surface area (Å²) < 4.78 is 2.54. The molecule has 2 unspecified atom stereocenters.